The molecule has 6 nitrogen and oxygen atoms in total. The van der Waals surface area contributed by atoms with Gasteiger partial charge in [-0.3, -0.25) is 10.1 Å². The Bertz CT molecular complexity index is 778. The van der Waals surface area contributed by atoms with Gasteiger partial charge in [-0.1, -0.05) is 62.3 Å². The molecule has 0 aliphatic carbocycles. The largest absolute Gasteiger partial charge is 0.493 e. The van der Waals surface area contributed by atoms with Crippen LogP contribution in [0, 0.1) is 0 Å². The van der Waals surface area contributed by atoms with Crippen molar-refractivity contribution >= 4 is 40.2 Å². The lowest BCUT2D eigenvalue weighted by molar-refractivity contribution is -0.111. The third-order valence-corrected chi connectivity index (χ3v) is 5.63. The number of nitrogens with one attached hydrogen (secondary N) is 1. The van der Waals surface area contributed by atoms with Gasteiger partial charge in [-0.25, -0.2) is 0 Å². The average molecular weight is 422 g/mol. The van der Waals surface area contributed by atoms with Crippen molar-refractivity contribution < 1.29 is 14.3 Å². The Labute approximate surface area is 174 Å². The molecule has 1 aromatic carbocycles. The second kappa shape index (κ2) is 12.4. The van der Waals surface area contributed by atoms with Gasteiger partial charge in [-0.15, -0.1) is 10.2 Å². The highest BCUT2D eigenvalue weighted by Gasteiger charge is 2.07. The third-order valence-electron chi connectivity index (χ3n) is 3.77. The van der Waals surface area contributed by atoms with E-state index in [0.717, 1.165) is 27.8 Å². The Morgan fingerprint density at radius 3 is 2.82 bits per heavy atom. The summed E-state index contributed by atoms with van der Waals surface area (Å²) in [5.41, 5.74) is 0.852. The van der Waals surface area contributed by atoms with Gasteiger partial charge < -0.3 is 9.47 Å². The third kappa shape index (κ3) is 7.52. The zero-order chi connectivity index (χ0) is 20.2. The lowest BCUT2D eigenvalue weighted by Gasteiger charge is -2.11. The van der Waals surface area contributed by atoms with Gasteiger partial charge in [0.05, 0.1) is 13.7 Å². The molecule has 152 valence electrons. The molecule has 0 unspecified atom stereocenters. The van der Waals surface area contributed by atoms with Crippen LogP contribution in [0.4, 0.5) is 5.13 Å². The van der Waals surface area contributed by atoms with Gasteiger partial charge in [-0.2, -0.15) is 0 Å². The van der Waals surface area contributed by atoms with E-state index in [1.165, 1.54) is 36.7 Å². The fraction of sp³-hybridized carbons (Fsp3) is 0.450. The van der Waals surface area contributed by atoms with E-state index < -0.39 is 0 Å². The number of carbonyl (C=O) groups excluding carboxylic acids is 1. The fourth-order valence-electron chi connectivity index (χ4n) is 2.38. The molecule has 0 saturated heterocycles. The summed E-state index contributed by atoms with van der Waals surface area (Å²) in [5, 5.41) is 11.2. The molecule has 1 N–H and O–H groups in total. The molecule has 0 radical (unpaired) electrons. The summed E-state index contributed by atoms with van der Waals surface area (Å²) in [6.45, 7) is 4.91. The van der Waals surface area contributed by atoms with Crippen molar-refractivity contribution in [3.05, 3.63) is 29.8 Å². The van der Waals surface area contributed by atoms with Crippen molar-refractivity contribution in [1.82, 2.24) is 10.2 Å². The number of thioether (sulfide) groups is 1. The smallest absolute Gasteiger partial charge is 0.250 e. The van der Waals surface area contributed by atoms with Crippen LogP contribution < -0.4 is 14.8 Å². The molecule has 0 atom stereocenters. The quantitative estimate of drug-likeness (QED) is 0.218. The van der Waals surface area contributed by atoms with Crippen LogP contribution >= 0.6 is 23.1 Å². The zero-order valence-corrected chi connectivity index (χ0v) is 18.2. The molecule has 0 aliphatic heterocycles. The van der Waals surface area contributed by atoms with Gasteiger partial charge >= 0.3 is 0 Å². The predicted molar refractivity (Wildman–Crippen MR) is 117 cm³/mol. The number of ether oxygens (including phenoxy) is 2. The van der Waals surface area contributed by atoms with Crippen molar-refractivity contribution in [2.24, 2.45) is 0 Å². The average Bonchev–Trinajstić information content (AvgIpc) is 3.13. The summed E-state index contributed by atoms with van der Waals surface area (Å²) >= 11 is 2.96. The summed E-state index contributed by atoms with van der Waals surface area (Å²) in [5.74, 6) is 2.04. The number of unbranched alkanes of at least 4 members (excludes halogenated alkanes) is 3. The second-order valence-electron chi connectivity index (χ2n) is 5.95. The number of hydrogen-bond acceptors (Lipinski definition) is 7. The van der Waals surface area contributed by atoms with Crippen molar-refractivity contribution in [2.45, 2.75) is 43.9 Å². The Balaban J connectivity index is 1.90. The van der Waals surface area contributed by atoms with Gasteiger partial charge in [0.1, 0.15) is 0 Å². The highest BCUT2D eigenvalue weighted by molar-refractivity contribution is 8.01. The van der Waals surface area contributed by atoms with Crippen LogP contribution in [-0.4, -0.2) is 35.6 Å². The van der Waals surface area contributed by atoms with Crippen LogP contribution in [0.2, 0.25) is 0 Å². The molecule has 28 heavy (non-hydrogen) atoms. The maximum Gasteiger partial charge on any atom is 0.250 e. The summed E-state index contributed by atoms with van der Waals surface area (Å²) in [6.07, 6.45) is 7.82. The lowest BCUT2D eigenvalue weighted by Crippen LogP contribution is -2.07. The normalized spacial score (nSPS) is 11.0. The molecule has 1 amide bonds. The summed E-state index contributed by atoms with van der Waals surface area (Å²) in [7, 11) is 1.61. The predicted octanol–water partition coefficient (Wildman–Crippen LogP) is 5.27. The maximum absolute atomic E-state index is 12.1. The molecule has 8 heteroatoms. The number of amides is 1. The zero-order valence-electron chi connectivity index (χ0n) is 16.6. The van der Waals surface area contributed by atoms with Gasteiger partial charge in [0, 0.05) is 6.08 Å². The number of rotatable bonds is 12. The van der Waals surface area contributed by atoms with E-state index in [2.05, 4.69) is 22.4 Å². The Morgan fingerprint density at radius 2 is 2.07 bits per heavy atom. The topological polar surface area (TPSA) is 73.3 Å². The molecular formula is C20H27N3O3S2. The van der Waals surface area contributed by atoms with Gasteiger partial charge in [0.25, 0.3) is 0 Å². The van der Waals surface area contributed by atoms with Crippen LogP contribution in [0.5, 0.6) is 11.5 Å². The first-order valence-corrected chi connectivity index (χ1v) is 11.2. The standard InChI is InChI=1S/C20H27N3O3S2/c1-4-6-7-8-13-26-16-11-9-15(14-17(16)25-3)10-12-18(24)21-19-22-23-20(28-19)27-5-2/h9-12,14H,4-8,13H2,1-3H3,(H,21,22,24)/b12-10+. The molecule has 2 aromatic rings. The molecule has 1 heterocycles. The van der Waals surface area contributed by atoms with Gasteiger partial charge in [-0.05, 0) is 35.9 Å². The van der Waals surface area contributed by atoms with Crippen LogP contribution in [0.1, 0.15) is 45.1 Å². The van der Waals surface area contributed by atoms with Crippen LogP contribution in [-0.2, 0) is 4.79 Å². The highest BCUT2D eigenvalue weighted by atomic mass is 32.2. The van der Waals surface area contributed by atoms with E-state index in [1.54, 1.807) is 24.9 Å². The van der Waals surface area contributed by atoms with Crippen molar-refractivity contribution in [3.63, 3.8) is 0 Å². The van der Waals surface area contributed by atoms with E-state index in [9.17, 15) is 4.79 Å². The Morgan fingerprint density at radius 1 is 1.21 bits per heavy atom. The van der Waals surface area contributed by atoms with Gasteiger partial charge in [0.2, 0.25) is 11.0 Å². The lowest BCUT2D eigenvalue weighted by atomic mass is 10.2. The van der Waals surface area contributed by atoms with Crippen molar-refractivity contribution in [2.75, 3.05) is 24.8 Å². The molecule has 0 spiro atoms. The molecular weight excluding hydrogens is 394 g/mol. The van der Waals surface area contributed by atoms with E-state index in [1.807, 2.05) is 25.1 Å². The van der Waals surface area contributed by atoms with Gasteiger partial charge in [0.15, 0.2) is 15.8 Å². The monoisotopic (exact) mass is 421 g/mol. The number of methoxy groups -OCH3 is 1. The molecule has 2 rings (SSSR count). The Hall–Kier alpha value is -2.06. The molecule has 0 bridgehead atoms. The SMILES string of the molecule is CCCCCCOc1ccc(/C=C/C(=O)Nc2nnc(SCC)s2)cc1OC. The van der Waals surface area contributed by atoms with Crippen molar-refractivity contribution in [3.8, 4) is 11.5 Å². The van der Waals surface area contributed by atoms with Crippen LogP contribution in [0.3, 0.4) is 0 Å². The van der Waals surface area contributed by atoms with E-state index >= 15 is 0 Å². The first kappa shape index (κ1) is 22.2. The number of carbonyl (C=O) groups is 1. The number of aromatic nitrogens is 2. The maximum atomic E-state index is 12.1. The summed E-state index contributed by atoms with van der Waals surface area (Å²) in [6, 6.07) is 5.62. The molecule has 1 aromatic heterocycles. The number of nitrogens with zero attached hydrogens (tertiary/aromatic N) is 2. The van der Waals surface area contributed by atoms with Crippen LogP contribution in [0.15, 0.2) is 28.6 Å². The van der Waals surface area contributed by atoms with Crippen molar-refractivity contribution in [1.29, 1.82) is 0 Å². The minimum atomic E-state index is -0.251. The minimum absolute atomic E-state index is 0.251. The number of anilines is 1. The highest BCUT2D eigenvalue weighted by Crippen LogP contribution is 2.29. The van der Waals surface area contributed by atoms with E-state index in [-0.39, 0.29) is 5.91 Å². The minimum Gasteiger partial charge on any atom is -0.493 e. The fourth-order valence-corrected chi connectivity index (χ4v) is 4.03. The molecule has 0 saturated carbocycles. The van der Waals surface area contributed by atoms with E-state index in [4.69, 9.17) is 9.47 Å². The molecule has 0 aliphatic rings. The first-order valence-electron chi connectivity index (χ1n) is 9.42. The summed E-state index contributed by atoms with van der Waals surface area (Å²) in [4.78, 5) is 12.1. The first-order chi connectivity index (χ1) is 13.7. The molecule has 0 fully saturated rings. The number of benzene rings is 1. The summed E-state index contributed by atoms with van der Waals surface area (Å²) < 4.78 is 12.1. The Kier molecular flexibility index (Phi) is 9.85. The van der Waals surface area contributed by atoms with E-state index in [0.29, 0.717) is 17.5 Å². The second-order valence-corrected chi connectivity index (χ2v) is 8.44. The van der Waals surface area contributed by atoms with Crippen LogP contribution in [0.25, 0.3) is 6.08 Å². The number of hydrogen-bond donors (Lipinski definition) is 1.